The normalized spacial score (nSPS) is 14.0. The number of benzene rings is 2. The third kappa shape index (κ3) is 3.36. The van der Waals surface area contributed by atoms with Crippen molar-refractivity contribution in [2.45, 2.75) is 6.42 Å². The van der Waals surface area contributed by atoms with E-state index in [0.29, 0.717) is 6.54 Å². The molecule has 0 aromatic heterocycles. The molecule has 1 aliphatic carbocycles. The fourth-order valence-corrected chi connectivity index (χ4v) is 2.52. The summed E-state index contributed by atoms with van der Waals surface area (Å²) in [6.45, 7) is -0.0102. The van der Waals surface area contributed by atoms with Gasteiger partial charge in [-0.05, 0) is 59.0 Å². The minimum absolute atomic E-state index is 0.350. The molecule has 0 saturated heterocycles. The van der Waals surface area contributed by atoms with Crippen LogP contribution in [0.3, 0.4) is 0 Å². The summed E-state index contributed by atoms with van der Waals surface area (Å²) in [6.07, 6.45) is 9.07. The molecule has 0 saturated carbocycles. The Hall–Kier alpha value is -2.57. The van der Waals surface area contributed by atoms with Crippen LogP contribution in [0.1, 0.15) is 11.1 Å². The molecular weight excluding hydrogens is 273 g/mol. The van der Waals surface area contributed by atoms with Gasteiger partial charge in [0.1, 0.15) is 6.67 Å². The molecule has 0 amide bonds. The Morgan fingerprint density at radius 2 is 1.86 bits per heavy atom. The number of hydrogen-bond acceptors (Lipinski definition) is 1. The highest BCUT2D eigenvalue weighted by molar-refractivity contribution is 5.70. The summed E-state index contributed by atoms with van der Waals surface area (Å²) in [4.78, 5) is 0. The Bertz CT molecular complexity index is 735. The molecule has 1 nitrogen and oxygen atoms in total. The van der Waals surface area contributed by atoms with Gasteiger partial charge >= 0.3 is 0 Å². The summed E-state index contributed by atoms with van der Waals surface area (Å²) in [5.74, 6) is 0. The molecule has 0 radical (unpaired) electrons. The Labute approximate surface area is 130 Å². The number of alkyl halides is 1. The third-order valence-electron chi connectivity index (χ3n) is 3.69. The zero-order valence-corrected chi connectivity index (χ0v) is 12.4. The monoisotopic (exact) mass is 291 g/mol. The van der Waals surface area contributed by atoms with E-state index in [1.807, 2.05) is 30.4 Å². The van der Waals surface area contributed by atoms with Crippen LogP contribution in [0.2, 0.25) is 0 Å². The average Bonchev–Trinajstić information content (AvgIpc) is 2.54. The van der Waals surface area contributed by atoms with Crippen molar-refractivity contribution in [2.75, 3.05) is 18.5 Å². The van der Waals surface area contributed by atoms with E-state index in [0.717, 1.165) is 17.7 Å². The largest absolute Gasteiger partial charge is 0.382 e. The van der Waals surface area contributed by atoms with Crippen molar-refractivity contribution in [1.29, 1.82) is 0 Å². The number of halogens is 1. The van der Waals surface area contributed by atoms with Gasteiger partial charge in [-0.15, -0.1) is 5.73 Å². The predicted octanol–water partition coefficient (Wildman–Crippen LogP) is 5.02. The standard InChI is InChI=1S/C20H18FN/c21-13-14-22-20-11-9-17(10-12-20)19-8-7-16-5-3-1-2-4-6-18(16)15-19/h1-3,6-12,15,22H,5,13-14H2/b3-1+. The molecule has 0 atom stereocenters. The maximum absolute atomic E-state index is 12.2. The fourth-order valence-electron chi connectivity index (χ4n) is 2.52. The smallest absolute Gasteiger partial charge is 0.107 e. The molecule has 0 bridgehead atoms. The molecule has 0 heterocycles. The first-order valence-electron chi connectivity index (χ1n) is 7.47. The first-order valence-corrected chi connectivity index (χ1v) is 7.47. The quantitative estimate of drug-likeness (QED) is 0.780. The van der Waals surface area contributed by atoms with Crippen molar-refractivity contribution in [3.63, 3.8) is 0 Å². The van der Waals surface area contributed by atoms with Gasteiger partial charge in [0.05, 0.1) is 0 Å². The van der Waals surface area contributed by atoms with E-state index in [-0.39, 0.29) is 6.67 Å². The zero-order chi connectivity index (χ0) is 15.2. The number of hydrogen-bond donors (Lipinski definition) is 1. The van der Waals surface area contributed by atoms with Crippen molar-refractivity contribution >= 4 is 11.8 Å². The van der Waals surface area contributed by atoms with Gasteiger partial charge in [-0.1, -0.05) is 36.4 Å². The molecule has 0 aliphatic heterocycles. The van der Waals surface area contributed by atoms with Crippen molar-refractivity contribution in [2.24, 2.45) is 0 Å². The van der Waals surface area contributed by atoms with Crippen molar-refractivity contribution in [3.05, 3.63) is 77.6 Å². The van der Waals surface area contributed by atoms with Crippen molar-refractivity contribution in [1.82, 2.24) is 0 Å². The van der Waals surface area contributed by atoms with Gasteiger partial charge in [0.15, 0.2) is 0 Å². The van der Waals surface area contributed by atoms with Gasteiger partial charge in [0.2, 0.25) is 0 Å². The molecule has 22 heavy (non-hydrogen) atoms. The van der Waals surface area contributed by atoms with Crippen LogP contribution in [-0.4, -0.2) is 13.2 Å². The average molecular weight is 291 g/mol. The SMILES string of the molecule is FCCNc1ccc(-c2ccc3c(c2)C=C=C/C=C/C3)cc1. The molecule has 0 unspecified atom stereocenters. The van der Waals surface area contributed by atoms with Gasteiger partial charge in [0.25, 0.3) is 0 Å². The minimum atomic E-state index is -0.360. The lowest BCUT2D eigenvalue weighted by atomic mass is 9.96. The Morgan fingerprint density at radius 1 is 1.05 bits per heavy atom. The van der Waals surface area contributed by atoms with Gasteiger partial charge in [-0.3, -0.25) is 0 Å². The van der Waals surface area contributed by atoms with E-state index < -0.39 is 0 Å². The predicted molar refractivity (Wildman–Crippen MR) is 91.7 cm³/mol. The molecule has 1 aliphatic rings. The van der Waals surface area contributed by atoms with Gasteiger partial charge in [-0.2, -0.15) is 0 Å². The van der Waals surface area contributed by atoms with E-state index in [2.05, 4.69) is 47.5 Å². The number of anilines is 1. The van der Waals surface area contributed by atoms with Crippen LogP contribution in [0.5, 0.6) is 0 Å². The molecule has 1 N–H and O–H groups in total. The van der Waals surface area contributed by atoms with E-state index in [1.165, 1.54) is 16.7 Å². The molecule has 2 aromatic rings. The van der Waals surface area contributed by atoms with Crippen molar-refractivity contribution in [3.8, 4) is 11.1 Å². The van der Waals surface area contributed by atoms with Crippen LogP contribution < -0.4 is 5.32 Å². The van der Waals surface area contributed by atoms with Crippen LogP contribution in [0.4, 0.5) is 10.1 Å². The van der Waals surface area contributed by atoms with Crippen LogP contribution in [0.15, 0.2) is 66.4 Å². The molecule has 3 rings (SSSR count). The summed E-state index contributed by atoms with van der Waals surface area (Å²) >= 11 is 0. The maximum atomic E-state index is 12.2. The second kappa shape index (κ2) is 6.93. The molecule has 0 fully saturated rings. The lowest BCUT2D eigenvalue weighted by Crippen LogP contribution is -2.02. The summed E-state index contributed by atoms with van der Waals surface area (Å²) in [5, 5.41) is 3.04. The topological polar surface area (TPSA) is 12.0 Å². The molecule has 0 spiro atoms. The molecule has 2 aromatic carbocycles. The second-order valence-corrected chi connectivity index (χ2v) is 5.22. The Balaban J connectivity index is 1.88. The van der Waals surface area contributed by atoms with Crippen LogP contribution in [-0.2, 0) is 6.42 Å². The van der Waals surface area contributed by atoms with Gasteiger partial charge in [0, 0.05) is 12.2 Å². The molecular formula is C20H18FN. The van der Waals surface area contributed by atoms with Crippen LogP contribution >= 0.6 is 0 Å². The second-order valence-electron chi connectivity index (χ2n) is 5.22. The zero-order valence-electron chi connectivity index (χ0n) is 12.4. The Morgan fingerprint density at radius 3 is 2.68 bits per heavy atom. The number of allylic oxidation sites excluding steroid dienone is 3. The summed E-state index contributed by atoms with van der Waals surface area (Å²) in [7, 11) is 0. The number of rotatable bonds is 4. The lowest BCUT2D eigenvalue weighted by Gasteiger charge is -2.09. The summed E-state index contributed by atoms with van der Waals surface area (Å²) in [6, 6.07) is 14.6. The lowest BCUT2D eigenvalue weighted by molar-refractivity contribution is 0.513. The number of nitrogens with one attached hydrogen (secondary N) is 1. The first-order chi connectivity index (χ1) is 10.9. The first kappa shape index (κ1) is 14.4. The maximum Gasteiger partial charge on any atom is 0.107 e. The van der Waals surface area contributed by atoms with Gasteiger partial charge < -0.3 is 5.32 Å². The fraction of sp³-hybridized carbons (Fsp3) is 0.150. The third-order valence-corrected chi connectivity index (χ3v) is 3.69. The molecule has 110 valence electrons. The van der Waals surface area contributed by atoms with Crippen LogP contribution in [0, 0.1) is 0 Å². The summed E-state index contributed by atoms with van der Waals surface area (Å²) < 4.78 is 12.2. The highest BCUT2D eigenvalue weighted by Gasteiger charge is 2.04. The van der Waals surface area contributed by atoms with Crippen molar-refractivity contribution < 1.29 is 4.39 Å². The van der Waals surface area contributed by atoms with Gasteiger partial charge in [-0.25, -0.2) is 4.39 Å². The van der Waals surface area contributed by atoms with Crippen LogP contribution in [0.25, 0.3) is 17.2 Å². The van der Waals surface area contributed by atoms with E-state index in [1.54, 1.807) is 0 Å². The number of fused-ring (bicyclic) bond motifs is 1. The van der Waals surface area contributed by atoms with E-state index >= 15 is 0 Å². The highest BCUT2D eigenvalue weighted by atomic mass is 19.1. The van der Waals surface area contributed by atoms with E-state index in [9.17, 15) is 4.39 Å². The highest BCUT2D eigenvalue weighted by Crippen LogP contribution is 2.25. The van der Waals surface area contributed by atoms with E-state index in [4.69, 9.17) is 0 Å². The molecule has 2 heteroatoms. The Kier molecular flexibility index (Phi) is 4.53. The summed E-state index contributed by atoms with van der Waals surface area (Å²) in [5.41, 5.74) is 8.97. The minimum Gasteiger partial charge on any atom is -0.382 e.